The largest absolute Gasteiger partial charge is 0.386 e. The van der Waals surface area contributed by atoms with Crippen LogP contribution in [0.5, 0.6) is 0 Å². The normalized spacial score (nSPS) is 42.3. The molecule has 1 saturated carbocycles. The molecule has 2 aliphatic heterocycles. The number of nitrogens with two attached hydrogens (primary N) is 1. The fourth-order valence-electron chi connectivity index (χ4n) is 5.68. The number of aliphatic imine (C=N–C) groups is 1. The number of benzene rings is 1. The minimum Gasteiger partial charge on any atom is -0.386 e. The second kappa shape index (κ2) is 5.10. The number of amidine groups is 1. The second-order valence-corrected chi connectivity index (χ2v) is 8.80. The number of ether oxygens (including phenoxy) is 2. The van der Waals surface area contributed by atoms with E-state index >= 15 is 0 Å². The first-order chi connectivity index (χ1) is 12.7. The first kappa shape index (κ1) is 18.0. The zero-order chi connectivity index (χ0) is 19.7. The Labute approximate surface area is 159 Å². The quantitative estimate of drug-likeness (QED) is 0.888. The maximum atomic E-state index is 10.3. The molecular formula is C21H24N4O2. The highest BCUT2D eigenvalue weighted by Crippen LogP contribution is 2.87. The van der Waals surface area contributed by atoms with Crippen LogP contribution in [0.1, 0.15) is 39.7 Å². The van der Waals surface area contributed by atoms with Crippen LogP contribution < -0.4 is 5.73 Å². The third-order valence-corrected chi connectivity index (χ3v) is 6.84. The zero-order valence-corrected chi connectivity index (χ0v) is 16.1. The molecule has 1 saturated heterocycles. The molecule has 140 valence electrons. The van der Waals surface area contributed by atoms with E-state index in [0.29, 0.717) is 13.0 Å². The second-order valence-electron chi connectivity index (χ2n) is 8.80. The lowest BCUT2D eigenvalue weighted by Crippen LogP contribution is -2.42. The summed E-state index contributed by atoms with van der Waals surface area (Å²) >= 11 is 0. The first-order valence-electron chi connectivity index (χ1n) is 9.22. The number of nitriles is 2. The summed E-state index contributed by atoms with van der Waals surface area (Å²) in [5, 5.41) is 20.5. The Balaban J connectivity index is 1.83. The van der Waals surface area contributed by atoms with Crippen molar-refractivity contribution in [2.75, 3.05) is 6.61 Å². The number of rotatable bonds is 3. The minimum absolute atomic E-state index is 0.145. The van der Waals surface area contributed by atoms with Crippen molar-refractivity contribution >= 4 is 5.84 Å². The Morgan fingerprint density at radius 2 is 1.93 bits per heavy atom. The van der Waals surface area contributed by atoms with Crippen molar-refractivity contribution in [1.82, 2.24) is 0 Å². The summed E-state index contributed by atoms with van der Waals surface area (Å²) in [6, 6.07) is 14.8. The van der Waals surface area contributed by atoms with Crippen LogP contribution in [-0.2, 0) is 14.9 Å². The van der Waals surface area contributed by atoms with Crippen LogP contribution in [0.3, 0.4) is 0 Å². The molecule has 5 atom stereocenters. The van der Waals surface area contributed by atoms with Crippen molar-refractivity contribution in [2.45, 2.75) is 51.5 Å². The summed E-state index contributed by atoms with van der Waals surface area (Å²) in [6.45, 7) is 8.38. The van der Waals surface area contributed by atoms with Gasteiger partial charge in [0, 0.05) is 5.41 Å². The van der Waals surface area contributed by atoms with Crippen molar-refractivity contribution in [3.63, 3.8) is 0 Å². The SMILES string of the molecule is C[C@@H]1CO[C@]2(N=C(N)[C@@]3(C#N)[C@](C)(CC(C)(C)c4ccccc4)[C@@]23C#N)O1. The topological polar surface area (TPSA) is 104 Å². The predicted octanol–water partition coefficient (Wildman–Crippen LogP) is 2.85. The van der Waals surface area contributed by atoms with Gasteiger partial charge in [-0.3, -0.25) is 0 Å². The Hall–Kier alpha value is -2.41. The predicted molar refractivity (Wildman–Crippen MR) is 99.1 cm³/mol. The Morgan fingerprint density at radius 3 is 2.44 bits per heavy atom. The van der Waals surface area contributed by atoms with Crippen LogP contribution in [-0.4, -0.2) is 24.5 Å². The summed E-state index contributed by atoms with van der Waals surface area (Å²) in [4.78, 5) is 4.39. The van der Waals surface area contributed by atoms with Crippen LogP contribution in [0.25, 0.3) is 0 Å². The molecule has 4 rings (SSSR count). The van der Waals surface area contributed by atoms with E-state index in [1.165, 1.54) is 0 Å². The number of hydrogen-bond donors (Lipinski definition) is 1. The number of fused-ring (bicyclic) bond motifs is 2. The van der Waals surface area contributed by atoms with Gasteiger partial charge in [0.1, 0.15) is 11.3 Å². The summed E-state index contributed by atoms with van der Waals surface area (Å²) in [5.74, 6) is -1.35. The van der Waals surface area contributed by atoms with Gasteiger partial charge in [0.05, 0.1) is 24.8 Å². The van der Waals surface area contributed by atoms with E-state index in [1.54, 1.807) is 0 Å². The molecular weight excluding hydrogens is 340 g/mol. The van der Waals surface area contributed by atoms with Gasteiger partial charge in [-0.05, 0) is 24.3 Å². The lowest BCUT2D eigenvalue weighted by molar-refractivity contribution is -0.200. The molecule has 0 unspecified atom stereocenters. The molecule has 3 aliphatic rings. The van der Waals surface area contributed by atoms with Crippen LogP contribution in [0, 0.1) is 38.9 Å². The van der Waals surface area contributed by atoms with Crippen molar-refractivity contribution in [3.8, 4) is 12.1 Å². The summed E-state index contributed by atoms with van der Waals surface area (Å²) in [7, 11) is 0. The first-order valence-corrected chi connectivity index (χ1v) is 9.22. The molecule has 6 nitrogen and oxygen atoms in total. The molecule has 0 bridgehead atoms. The maximum Gasteiger partial charge on any atom is 0.293 e. The number of nitrogens with zero attached hydrogens (tertiary/aromatic N) is 3. The van der Waals surface area contributed by atoms with Crippen molar-refractivity contribution < 1.29 is 9.47 Å². The maximum absolute atomic E-state index is 10.3. The van der Waals surface area contributed by atoms with Gasteiger partial charge in [-0.2, -0.15) is 10.5 Å². The molecule has 27 heavy (non-hydrogen) atoms. The van der Waals surface area contributed by atoms with Gasteiger partial charge >= 0.3 is 0 Å². The summed E-state index contributed by atoms with van der Waals surface area (Å²) in [6.07, 6.45) is 0.359. The van der Waals surface area contributed by atoms with Gasteiger partial charge in [-0.25, -0.2) is 4.99 Å². The van der Waals surface area contributed by atoms with Gasteiger partial charge in [-0.15, -0.1) is 0 Å². The summed E-state index contributed by atoms with van der Waals surface area (Å²) in [5.41, 5.74) is 3.91. The van der Waals surface area contributed by atoms with E-state index < -0.39 is 22.2 Å². The lowest BCUT2D eigenvalue weighted by atomic mass is 9.72. The third kappa shape index (κ3) is 1.74. The molecule has 0 radical (unpaired) electrons. The van der Waals surface area contributed by atoms with Crippen LogP contribution in [0.2, 0.25) is 0 Å². The molecule has 1 aliphatic carbocycles. The van der Waals surface area contributed by atoms with Crippen molar-refractivity contribution in [1.29, 1.82) is 10.5 Å². The number of hydrogen-bond acceptors (Lipinski definition) is 6. The molecule has 1 aromatic carbocycles. The van der Waals surface area contributed by atoms with Gasteiger partial charge in [0.25, 0.3) is 5.91 Å². The molecule has 0 aromatic heterocycles. The van der Waals surface area contributed by atoms with Gasteiger partial charge < -0.3 is 15.2 Å². The molecule has 2 fully saturated rings. The standard InChI is InChI=1S/C21H24N4O2/c1-14-10-26-21(27-14)20(13-23)18(4,19(20,12-22)16(24)25-21)11-17(2,3)15-8-6-5-7-9-15/h5-9,14H,10-11H2,1-4H3,(H2,24,25)/t14-,18+,19+,20-,21+/m1/s1. The highest BCUT2D eigenvalue weighted by atomic mass is 16.8. The molecule has 1 spiro atoms. The van der Waals surface area contributed by atoms with Crippen molar-refractivity contribution in [2.24, 2.45) is 27.0 Å². The van der Waals surface area contributed by atoms with E-state index in [2.05, 4.69) is 43.1 Å². The molecule has 1 aromatic rings. The molecule has 2 N–H and O–H groups in total. The Morgan fingerprint density at radius 1 is 1.26 bits per heavy atom. The smallest absolute Gasteiger partial charge is 0.293 e. The fraction of sp³-hybridized carbons (Fsp3) is 0.571. The highest BCUT2D eigenvalue weighted by molar-refractivity contribution is 6.00. The Kier molecular flexibility index (Phi) is 3.39. The van der Waals surface area contributed by atoms with E-state index in [9.17, 15) is 10.5 Å². The molecule has 2 heterocycles. The van der Waals surface area contributed by atoms with Gasteiger partial charge in [-0.1, -0.05) is 51.1 Å². The zero-order valence-electron chi connectivity index (χ0n) is 16.1. The van der Waals surface area contributed by atoms with E-state index in [4.69, 9.17) is 15.2 Å². The van der Waals surface area contributed by atoms with Crippen molar-refractivity contribution in [3.05, 3.63) is 35.9 Å². The van der Waals surface area contributed by atoms with Gasteiger partial charge in [0.2, 0.25) is 0 Å². The summed E-state index contributed by atoms with van der Waals surface area (Å²) < 4.78 is 11.9. The van der Waals surface area contributed by atoms with Crippen LogP contribution in [0.4, 0.5) is 0 Å². The average Bonchev–Trinajstić information content (AvgIpc) is 2.82. The lowest BCUT2D eigenvalue weighted by Gasteiger charge is -2.35. The Bertz CT molecular complexity index is 914. The van der Waals surface area contributed by atoms with E-state index in [1.807, 2.05) is 32.0 Å². The van der Waals surface area contributed by atoms with E-state index in [-0.39, 0.29) is 17.4 Å². The van der Waals surface area contributed by atoms with E-state index in [0.717, 1.165) is 5.56 Å². The van der Waals surface area contributed by atoms with Crippen LogP contribution in [0.15, 0.2) is 35.3 Å². The van der Waals surface area contributed by atoms with Crippen LogP contribution >= 0.6 is 0 Å². The highest BCUT2D eigenvalue weighted by Gasteiger charge is 3.00. The molecule has 6 heteroatoms. The third-order valence-electron chi connectivity index (χ3n) is 6.84. The minimum atomic E-state index is -1.50. The monoisotopic (exact) mass is 364 g/mol. The average molecular weight is 364 g/mol. The van der Waals surface area contributed by atoms with Gasteiger partial charge in [0.15, 0.2) is 5.41 Å². The fourth-order valence-corrected chi connectivity index (χ4v) is 5.68. The molecule has 0 amide bonds.